The van der Waals surface area contributed by atoms with E-state index in [1.807, 2.05) is 0 Å². The third-order valence-electron chi connectivity index (χ3n) is 12.6. The fraction of sp³-hybridized carbons (Fsp3) is 0. The molecule has 340 valence electrons. The van der Waals surface area contributed by atoms with Gasteiger partial charge in [0.1, 0.15) is 0 Å². The molecule has 0 aromatic heterocycles. The Hall–Kier alpha value is -4.16. The molecule has 11 rings (SSSR count). The van der Waals surface area contributed by atoms with E-state index in [9.17, 15) is 0 Å². The van der Waals surface area contributed by atoms with Crippen LogP contribution in [0.3, 0.4) is 0 Å². The molecule has 0 nitrogen and oxygen atoms in total. The Morgan fingerprint density at radius 1 is 0.0986 bits per heavy atom. The predicted octanol–water partition coefficient (Wildman–Crippen LogP) is 4.27. The number of benzene rings is 11. The molecule has 0 atom stereocenters. The molecule has 0 heterocycles. The number of rotatable bonds is 15. The van der Waals surface area contributed by atoms with Crippen molar-refractivity contribution in [3.8, 4) is 0 Å². The minimum absolute atomic E-state index is 1.52. The third kappa shape index (κ3) is 11.6. The maximum atomic E-state index is 2.53. The van der Waals surface area contributed by atoms with Crippen LogP contribution in [0.5, 0.6) is 0 Å². The quantitative estimate of drug-likeness (QED) is 0.135. The topological polar surface area (TPSA) is 0 Å². The molecule has 0 fully saturated rings. The van der Waals surface area contributed by atoms with Crippen molar-refractivity contribution in [3.63, 3.8) is 0 Å². The minimum atomic E-state index is -2.70. The van der Waals surface area contributed by atoms with Gasteiger partial charge in [0.25, 0.3) is 0 Å². The summed E-state index contributed by atoms with van der Waals surface area (Å²) in [7, 11) is 0. The Labute approximate surface area is 460 Å². The number of hydrogen-bond acceptors (Lipinski definition) is 0. The van der Waals surface area contributed by atoms with E-state index in [2.05, 4.69) is 309 Å². The fourth-order valence-corrected chi connectivity index (χ4v) is 53.4. The zero-order valence-corrected chi connectivity index (χ0v) is 56.6. The van der Waals surface area contributed by atoms with E-state index in [4.69, 9.17) is 0 Å². The van der Waals surface area contributed by atoms with Gasteiger partial charge in [0.2, 0.25) is 0 Å². The van der Waals surface area contributed by atoms with Crippen LogP contribution in [-0.2, 0) is 0 Å². The Balaban J connectivity index is 0.915. The Bertz CT molecular complexity index is 3070. The van der Waals surface area contributed by atoms with Crippen LogP contribution in [0.1, 0.15) is 0 Å². The van der Waals surface area contributed by atoms with Crippen LogP contribution in [0.4, 0.5) is 0 Å². The summed E-state index contributed by atoms with van der Waals surface area (Å²) in [5.74, 6) is 0. The van der Waals surface area contributed by atoms with Gasteiger partial charge in [0.15, 0.2) is 0 Å². The van der Waals surface area contributed by atoms with Crippen molar-refractivity contribution in [1.29, 1.82) is 0 Å². The standard InChI is InChI=1S/7C6H5.4C6H4.5Bi/c11*1-2-4-6-5-3-1;;;;;/h7*1-5H;4*1-2,5-6H;;;;;. The zero-order valence-electron chi connectivity index (χ0n) is 39.2. The van der Waals surface area contributed by atoms with E-state index < -0.39 is 109 Å². The normalized spacial score (nSPS) is 11.5. The molecule has 71 heavy (non-hydrogen) atoms. The molecule has 11 aromatic carbocycles. The van der Waals surface area contributed by atoms with E-state index in [1.54, 1.807) is 0 Å². The van der Waals surface area contributed by atoms with Gasteiger partial charge in [-0.25, -0.2) is 0 Å². The Morgan fingerprint density at radius 2 is 0.183 bits per heavy atom. The zero-order chi connectivity index (χ0) is 47.6. The summed E-state index contributed by atoms with van der Waals surface area (Å²) in [6, 6.07) is 120. The average Bonchev–Trinajstić information content (AvgIpc) is 3.45. The van der Waals surface area contributed by atoms with E-state index in [0.29, 0.717) is 0 Å². The molecule has 0 saturated heterocycles. The van der Waals surface area contributed by atoms with E-state index in [0.717, 1.165) is 0 Å². The summed E-state index contributed by atoms with van der Waals surface area (Å²) in [5.41, 5.74) is 0. The van der Waals surface area contributed by atoms with Crippen molar-refractivity contribution in [2.45, 2.75) is 0 Å². The second kappa shape index (κ2) is 24.2. The molecule has 0 aliphatic heterocycles. The molecule has 0 aliphatic carbocycles. The van der Waals surface area contributed by atoms with Crippen molar-refractivity contribution >= 4 is 158 Å². The summed E-state index contributed by atoms with van der Waals surface area (Å²) in [6.45, 7) is 0. The molecule has 0 unspecified atom stereocenters. The van der Waals surface area contributed by atoms with Crippen LogP contribution < -0.4 is 49.1 Å². The molecule has 0 spiro atoms. The first-order valence-corrected chi connectivity index (χ1v) is 50.1. The van der Waals surface area contributed by atoms with Crippen molar-refractivity contribution in [2.24, 2.45) is 0 Å². The summed E-state index contributed by atoms with van der Waals surface area (Å²) in [4.78, 5) is 0. The Morgan fingerprint density at radius 3 is 0.282 bits per heavy atom. The summed E-state index contributed by atoms with van der Waals surface area (Å²) in [5, 5.41) is 0. The van der Waals surface area contributed by atoms with Gasteiger partial charge in [-0.05, 0) is 0 Å². The van der Waals surface area contributed by atoms with Gasteiger partial charge in [-0.15, -0.1) is 0 Å². The molecular formula is C66H51Bi5. The van der Waals surface area contributed by atoms with Crippen LogP contribution in [0.2, 0.25) is 0 Å². The maximum absolute atomic E-state index is 2.70. The van der Waals surface area contributed by atoms with Gasteiger partial charge in [-0.2, -0.15) is 0 Å². The van der Waals surface area contributed by atoms with Crippen molar-refractivity contribution in [2.75, 3.05) is 0 Å². The summed E-state index contributed by atoms with van der Waals surface area (Å²) >= 11 is -13.0. The van der Waals surface area contributed by atoms with Crippen molar-refractivity contribution < 1.29 is 0 Å². The molecule has 0 saturated carbocycles. The number of hydrogen-bond donors (Lipinski definition) is 0. The molecule has 0 amide bonds. The van der Waals surface area contributed by atoms with Crippen LogP contribution in [0.25, 0.3) is 0 Å². The molecular weight excluding hydrogens is 1840 g/mol. The van der Waals surface area contributed by atoms with E-state index in [-0.39, 0.29) is 0 Å². The molecule has 0 aliphatic rings. The molecule has 0 bridgehead atoms. The summed E-state index contributed by atoms with van der Waals surface area (Å²) < 4.78 is 23.0. The second-order valence-electron chi connectivity index (χ2n) is 17.1. The first kappa shape index (κ1) is 49.1. The van der Waals surface area contributed by atoms with Gasteiger partial charge in [0.05, 0.1) is 0 Å². The Kier molecular flexibility index (Phi) is 16.8. The van der Waals surface area contributed by atoms with Gasteiger partial charge in [-0.3, -0.25) is 0 Å². The SMILES string of the molecule is c1cc[c]([Bi]([c]2ccccc2)[c]2cc[c]([Bi]([c]3ccccc3)[c]3cc[c]([Bi]([c]4ccccc4)[c]4cc[c]([Bi]([c]5ccccc5)[c]5cc[c]([Bi]([c]6ccccc6)[c]6ccccc6)cc5)cc4)cc3)cc2)cc1. The molecule has 5 heteroatoms. The molecule has 0 radical (unpaired) electrons. The van der Waals surface area contributed by atoms with E-state index in [1.165, 1.54) is 49.1 Å². The summed E-state index contributed by atoms with van der Waals surface area (Å²) in [6.07, 6.45) is 0. The van der Waals surface area contributed by atoms with Crippen LogP contribution in [0.15, 0.2) is 309 Å². The molecule has 11 aromatic rings. The second-order valence-corrected chi connectivity index (χ2v) is 60.2. The van der Waals surface area contributed by atoms with Gasteiger partial charge < -0.3 is 0 Å². The van der Waals surface area contributed by atoms with Crippen LogP contribution >= 0.6 is 0 Å². The first-order chi connectivity index (χ1) is 35.2. The van der Waals surface area contributed by atoms with E-state index >= 15 is 0 Å². The molecule has 0 N–H and O–H groups in total. The van der Waals surface area contributed by atoms with Crippen LogP contribution in [0, 0.1) is 0 Å². The fourth-order valence-electron chi connectivity index (χ4n) is 9.28. The van der Waals surface area contributed by atoms with Crippen molar-refractivity contribution in [1.82, 2.24) is 0 Å². The monoisotopic (exact) mass is 1890 g/mol. The van der Waals surface area contributed by atoms with Crippen LogP contribution in [-0.4, -0.2) is 109 Å². The van der Waals surface area contributed by atoms with Gasteiger partial charge >= 0.3 is 467 Å². The van der Waals surface area contributed by atoms with Gasteiger partial charge in [0, 0.05) is 0 Å². The third-order valence-corrected chi connectivity index (χ3v) is 60.1. The first-order valence-electron chi connectivity index (χ1n) is 24.0. The predicted molar refractivity (Wildman–Crippen MR) is 314 cm³/mol. The van der Waals surface area contributed by atoms with Crippen molar-refractivity contribution in [3.05, 3.63) is 309 Å². The average molecular weight is 1890 g/mol. The van der Waals surface area contributed by atoms with Gasteiger partial charge in [-0.1, -0.05) is 0 Å².